The summed E-state index contributed by atoms with van der Waals surface area (Å²) in [5, 5.41) is 13.1. The number of hydrogen-bond donors (Lipinski definition) is 1. The zero-order valence-electron chi connectivity index (χ0n) is 20.8. The van der Waals surface area contributed by atoms with Gasteiger partial charge in [-0.3, -0.25) is 9.36 Å². The van der Waals surface area contributed by atoms with Crippen molar-refractivity contribution >= 4 is 35.0 Å². The predicted octanol–water partition coefficient (Wildman–Crippen LogP) is 6.39. The smallest absolute Gasteiger partial charge is 0.234 e. The van der Waals surface area contributed by atoms with E-state index in [0.717, 1.165) is 11.3 Å². The second-order valence-corrected chi connectivity index (χ2v) is 11.0. The second kappa shape index (κ2) is 10.5. The van der Waals surface area contributed by atoms with Gasteiger partial charge < -0.3 is 14.8 Å². The first-order valence-electron chi connectivity index (χ1n) is 11.9. The topological polar surface area (TPSA) is 78.3 Å². The largest absolute Gasteiger partial charge is 0.486 e. The van der Waals surface area contributed by atoms with Crippen LogP contribution in [0, 0.1) is 0 Å². The Bertz CT molecular complexity index is 1410. The van der Waals surface area contributed by atoms with Gasteiger partial charge in [0.2, 0.25) is 5.91 Å². The summed E-state index contributed by atoms with van der Waals surface area (Å²) in [6, 6.07) is 21.2. The number of fused-ring (bicyclic) bond motifs is 1. The minimum atomic E-state index is -0.164. The third kappa shape index (κ3) is 5.76. The van der Waals surface area contributed by atoms with Gasteiger partial charge in [-0.1, -0.05) is 68.4 Å². The molecule has 0 spiro atoms. The summed E-state index contributed by atoms with van der Waals surface area (Å²) in [4.78, 5) is 12.8. The molecule has 9 heteroatoms. The van der Waals surface area contributed by atoms with Crippen LogP contribution in [0.5, 0.6) is 11.5 Å². The van der Waals surface area contributed by atoms with Gasteiger partial charge in [0.05, 0.1) is 5.75 Å². The number of benzene rings is 3. The normalized spacial score (nSPS) is 12.9. The summed E-state index contributed by atoms with van der Waals surface area (Å²) in [7, 11) is 0. The van der Waals surface area contributed by atoms with Crippen LogP contribution in [0.15, 0.2) is 71.9 Å². The van der Waals surface area contributed by atoms with Gasteiger partial charge >= 0.3 is 0 Å². The van der Waals surface area contributed by atoms with Crippen molar-refractivity contribution in [3.63, 3.8) is 0 Å². The number of nitrogens with one attached hydrogen (secondary N) is 1. The number of rotatable bonds is 6. The first-order valence-corrected chi connectivity index (χ1v) is 13.3. The summed E-state index contributed by atoms with van der Waals surface area (Å²) in [6.45, 7) is 7.56. The van der Waals surface area contributed by atoms with Crippen LogP contribution in [0.4, 0.5) is 5.69 Å². The van der Waals surface area contributed by atoms with Crippen LogP contribution in [0.3, 0.4) is 0 Å². The van der Waals surface area contributed by atoms with Crippen molar-refractivity contribution in [3.8, 4) is 28.6 Å². The minimum absolute atomic E-state index is 0.0496. The molecule has 0 atom stereocenters. The Morgan fingerprint density at radius 3 is 2.38 bits per heavy atom. The van der Waals surface area contributed by atoms with Crippen LogP contribution < -0.4 is 14.8 Å². The standard InChI is InChI=1S/C28H27ClN4O3S/c1-28(2,3)19-6-4-18(5-7-19)26-31-32-27(33(26)22-11-8-20(29)9-12-22)37-17-25(34)30-21-10-13-23-24(16-21)36-15-14-35-23/h4-13,16H,14-15,17H2,1-3H3,(H,30,34). The van der Waals surface area contributed by atoms with Crippen LogP contribution in [-0.2, 0) is 10.2 Å². The monoisotopic (exact) mass is 534 g/mol. The number of ether oxygens (including phenoxy) is 2. The average molecular weight is 535 g/mol. The highest BCUT2D eigenvalue weighted by Gasteiger charge is 2.20. The molecule has 1 aliphatic heterocycles. The maximum absolute atomic E-state index is 12.8. The molecular weight excluding hydrogens is 508 g/mol. The van der Waals surface area contributed by atoms with Crippen LogP contribution in [0.1, 0.15) is 26.3 Å². The molecule has 1 amide bonds. The summed E-state index contributed by atoms with van der Waals surface area (Å²) in [6.07, 6.45) is 0. The molecule has 3 aromatic carbocycles. The number of nitrogens with zero attached hydrogens (tertiary/aromatic N) is 3. The number of thioether (sulfide) groups is 1. The van der Waals surface area contributed by atoms with E-state index in [0.29, 0.717) is 46.4 Å². The molecule has 190 valence electrons. The highest BCUT2D eigenvalue weighted by atomic mass is 35.5. The molecule has 0 fully saturated rings. The van der Waals surface area contributed by atoms with Crippen LogP contribution in [0.25, 0.3) is 17.1 Å². The zero-order valence-corrected chi connectivity index (χ0v) is 22.4. The molecule has 4 aromatic rings. The quantitative estimate of drug-likeness (QED) is 0.289. The molecule has 1 aliphatic rings. The van der Waals surface area contributed by atoms with E-state index in [4.69, 9.17) is 21.1 Å². The maximum atomic E-state index is 12.8. The number of anilines is 1. The molecule has 1 N–H and O–H groups in total. The third-order valence-electron chi connectivity index (χ3n) is 5.89. The van der Waals surface area contributed by atoms with Crippen LogP contribution >= 0.6 is 23.4 Å². The first kappa shape index (κ1) is 25.2. The van der Waals surface area contributed by atoms with E-state index in [1.165, 1.54) is 17.3 Å². The fourth-order valence-electron chi connectivity index (χ4n) is 3.94. The van der Waals surface area contributed by atoms with Crippen molar-refractivity contribution in [1.29, 1.82) is 0 Å². The number of carbonyl (C=O) groups excluding carboxylic acids is 1. The molecule has 0 saturated carbocycles. The van der Waals surface area contributed by atoms with Gasteiger partial charge in [0.15, 0.2) is 22.5 Å². The van der Waals surface area contributed by atoms with Crippen molar-refractivity contribution in [1.82, 2.24) is 14.8 Å². The van der Waals surface area contributed by atoms with E-state index >= 15 is 0 Å². The van der Waals surface area contributed by atoms with Crippen LogP contribution in [-0.4, -0.2) is 39.6 Å². The first-order chi connectivity index (χ1) is 17.8. The van der Waals surface area contributed by atoms with Gasteiger partial charge in [-0.25, -0.2) is 0 Å². The lowest BCUT2D eigenvalue weighted by molar-refractivity contribution is -0.113. The SMILES string of the molecule is CC(C)(C)c1ccc(-c2nnc(SCC(=O)Nc3ccc4c(c3)OCCO4)n2-c2ccc(Cl)cc2)cc1. The number of amides is 1. The van der Waals surface area contributed by atoms with Crippen molar-refractivity contribution in [2.45, 2.75) is 31.3 Å². The molecule has 2 heterocycles. The molecule has 37 heavy (non-hydrogen) atoms. The number of aromatic nitrogens is 3. The fraction of sp³-hybridized carbons (Fsp3) is 0.250. The Hall–Kier alpha value is -3.49. The zero-order chi connectivity index (χ0) is 26.0. The lowest BCUT2D eigenvalue weighted by Crippen LogP contribution is -2.17. The van der Waals surface area contributed by atoms with Crippen molar-refractivity contribution in [2.24, 2.45) is 0 Å². The number of carbonyl (C=O) groups is 1. The summed E-state index contributed by atoms with van der Waals surface area (Å²) >= 11 is 7.45. The van der Waals surface area contributed by atoms with E-state index in [1.54, 1.807) is 18.2 Å². The van der Waals surface area contributed by atoms with Gasteiger partial charge in [0.25, 0.3) is 0 Å². The molecular formula is C28H27ClN4O3S. The Morgan fingerprint density at radius 1 is 0.973 bits per heavy atom. The van der Waals surface area contributed by atoms with E-state index in [1.807, 2.05) is 28.8 Å². The lowest BCUT2D eigenvalue weighted by atomic mass is 9.87. The predicted molar refractivity (Wildman–Crippen MR) is 147 cm³/mol. The molecule has 0 aliphatic carbocycles. The van der Waals surface area contributed by atoms with Gasteiger partial charge in [0, 0.05) is 28.0 Å². The molecule has 1 aromatic heterocycles. The molecule has 0 bridgehead atoms. The Labute approximate surface area is 225 Å². The summed E-state index contributed by atoms with van der Waals surface area (Å²) in [5.74, 6) is 1.99. The second-order valence-electron chi connectivity index (χ2n) is 9.64. The Balaban J connectivity index is 1.37. The maximum Gasteiger partial charge on any atom is 0.234 e. The van der Waals surface area contributed by atoms with E-state index in [2.05, 4.69) is 60.6 Å². The molecule has 0 unspecified atom stereocenters. The van der Waals surface area contributed by atoms with Gasteiger partial charge in [-0.15, -0.1) is 10.2 Å². The van der Waals surface area contributed by atoms with Gasteiger partial charge in [-0.05, 0) is 47.4 Å². The van der Waals surface area contributed by atoms with Crippen LogP contribution in [0.2, 0.25) is 5.02 Å². The van der Waals surface area contributed by atoms with E-state index < -0.39 is 0 Å². The molecule has 0 radical (unpaired) electrons. The number of halogens is 1. The highest BCUT2D eigenvalue weighted by Crippen LogP contribution is 2.33. The van der Waals surface area contributed by atoms with Crippen molar-refractivity contribution in [2.75, 3.05) is 24.3 Å². The van der Waals surface area contributed by atoms with Gasteiger partial charge in [-0.2, -0.15) is 0 Å². The summed E-state index contributed by atoms with van der Waals surface area (Å²) < 4.78 is 13.1. The molecule has 5 rings (SSSR count). The third-order valence-corrected chi connectivity index (χ3v) is 7.07. The van der Waals surface area contributed by atoms with Crippen molar-refractivity contribution < 1.29 is 14.3 Å². The fourth-order valence-corrected chi connectivity index (χ4v) is 4.82. The average Bonchev–Trinajstić information content (AvgIpc) is 3.31. The molecule has 0 saturated heterocycles. The highest BCUT2D eigenvalue weighted by molar-refractivity contribution is 7.99. The van der Waals surface area contributed by atoms with E-state index in [-0.39, 0.29) is 17.1 Å². The van der Waals surface area contributed by atoms with Crippen molar-refractivity contribution in [3.05, 3.63) is 77.3 Å². The Morgan fingerprint density at radius 2 is 1.68 bits per heavy atom. The minimum Gasteiger partial charge on any atom is -0.486 e. The van der Waals surface area contributed by atoms with E-state index in [9.17, 15) is 4.79 Å². The Kier molecular flexibility index (Phi) is 7.13. The number of hydrogen-bond acceptors (Lipinski definition) is 6. The van der Waals surface area contributed by atoms with Gasteiger partial charge in [0.1, 0.15) is 13.2 Å². The molecule has 7 nitrogen and oxygen atoms in total. The summed E-state index contributed by atoms with van der Waals surface area (Å²) in [5.41, 5.74) is 3.73. The lowest BCUT2D eigenvalue weighted by Gasteiger charge is -2.19.